The zero-order chi connectivity index (χ0) is 19.4. The van der Waals surface area contributed by atoms with Crippen LogP contribution in [0.4, 0.5) is 9.52 Å². The van der Waals surface area contributed by atoms with Gasteiger partial charge in [0, 0.05) is 18.0 Å². The largest absolute Gasteiger partial charge is 0.308 e. The van der Waals surface area contributed by atoms with E-state index < -0.39 is 0 Å². The summed E-state index contributed by atoms with van der Waals surface area (Å²) in [6, 6.07) is 13.0. The van der Waals surface area contributed by atoms with Crippen LogP contribution in [0.25, 0.3) is 10.2 Å². The first-order chi connectivity index (χ1) is 12.9. The third-order valence-corrected chi connectivity index (χ3v) is 6.08. The van der Waals surface area contributed by atoms with E-state index in [9.17, 15) is 9.18 Å². The van der Waals surface area contributed by atoms with E-state index in [0.29, 0.717) is 29.5 Å². The van der Waals surface area contributed by atoms with Crippen molar-refractivity contribution in [3.63, 3.8) is 0 Å². The average Bonchev–Trinajstić information content (AvgIpc) is 3.06. The molecule has 0 fully saturated rings. The number of nitrogens with zero attached hydrogens (tertiary/aromatic N) is 3. The number of hydrogen-bond donors (Lipinski definition) is 0. The fourth-order valence-electron chi connectivity index (χ4n) is 2.50. The van der Waals surface area contributed by atoms with Gasteiger partial charge >= 0.3 is 0 Å². The van der Waals surface area contributed by atoms with E-state index in [2.05, 4.69) is 4.98 Å². The van der Waals surface area contributed by atoms with Crippen molar-refractivity contribution >= 4 is 56.8 Å². The second-order valence-corrected chi connectivity index (χ2v) is 8.59. The summed E-state index contributed by atoms with van der Waals surface area (Å²) in [4.78, 5) is 22.1. The summed E-state index contributed by atoms with van der Waals surface area (Å²) in [7, 11) is 3.92. The van der Waals surface area contributed by atoms with Crippen LogP contribution >= 0.6 is 35.5 Å². The number of carbonyl (C=O) groups excluding carboxylic acids is 1. The van der Waals surface area contributed by atoms with Crippen molar-refractivity contribution in [1.82, 2.24) is 9.88 Å². The molecule has 0 aliphatic heterocycles. The first kappa shape index (κ1) is 22.6. The van der Waals surface area contributed by atoms with E-state index in [1.807, 2.05) is 56.3 Å². The number of hydrogen-bond acceptors (Lipinski definition) is 5. The summed E-state index contributed by atoms with van der Waals surface area (Å²) < 4.78 is 14.8. The molecule has 0 aliphatic rings. The summed E-state index contributed by atoms with van der Waals surface area (Å²) in [5.74, 6) is -0.0690. The molecular weight excluding hydrogens is 417 g/mol. The van der Waals surface area contributed by atoms with Crippen molar-refractivity contribution in [2.45, 2.75) is 11.8 Å². The second-order valence-electron chi connectivity index (χ2n) is 6.53. The zero-order valence-electron chi connectivity index (χ0n) is 16.0. The molecule has 0 saturated heterocycles. The quantitative estimate of drug-likeness (QED) is 0.493. The monoisotopic (exact) mass is 439 g/mol. The summed E-state index contributed by atoms with van der Waals surface area (Å²) in [6.45, 7) is 3.26. The van der Waals surface area contributed by atoms with Gasteiger partial charge < -0.3 is 4.90 Å². The molecule has 0 saturated carbocycles. The molecular formula is C20H23ClFN3OS2. The number of para-hydroxylation sites is 1. The predicted molar refractivity (Wildman–Crippen MR) is 120 cm³/mol. The number of thiazole rings is 1. The van der Waals surface area contributed by atoms with Crippen molar-refractivity contribution < 1.29 is 9.18 Å². The topological polar surface area (TPSA) is 36.4 Å². The zero-order valence-corrected chi connectivity index (χ0v) is 18.5. The number of amides is 1. The van der Waals surface area contributed by atoms with Gasteiger partial charge in [0.1, 0.15) is 11.3 Å². The average molecular weight is 440 g/mol. The van der Waals surface area contributed by atoms with Crippen molar-refractivity contribution in [2.75, 3.05) is 37.8 Å². The molecule has 2 aromatic carbocycles. The van der Waals surface area contributed by atoms with E-state index in [0.717, 1.165) is 9.60 Å². The molecule has 150 valence electrons. The lowest BCUT2D eigenvalue weighted by Gasteiger charge is -2.21. The highest BCUT2D eigenvalue weighted by molar-refractivity contribution is 8.00. The Labute approximate surface area is 179 Å². The molecule has 0 spiro atoms. The Morgan fingerprint density at radius 1 is 1.14 bits per heavy atom. The molecule has 1 aromatic heterocycles. The van der Waals surface area contributed by atoms with Crippen LogP contribution in [0, 0.1) is 12.7 Å². The summed E-state index contributed by atoms with van der Waals surface area (Å²) in [5.41, 5.74) is 1.51. The van der Waals surface area contributed by atoms with Crippen molar-refractivity contribution in [1.29, 1.82) is 0 Å². The molecule has 0 N–H and O–H groups in total. The number of thioether (sulfide) groups is 1. The minimum absolute atomic E-state index is 0. The molecule has 0 aliphatic carbocycles. The van der Waals surface area contributed by atoms with Gasteiger partial charge in [0.25, 0.3) is 0 Å². The molecule has 1 heterocycles. The number of rotatable bonds is 7. The van der Waals surface area contributed by atoms with E-state index in [1.54, 1.807) is 11.0 Å². The summed E-state index contributed by atoms with van der Waals surface area (Å²) in [5, 5.41) is 0.548. The summed E-state index contributed by atoms with van der Waals surface area (Å²) in [6.07, 6.45) is 0. The van der Waals surface area contributed by atoms with Crippen molar-refractivity contribution in [2.24, 2.45) is 0 Å². The smallest absolute Gasteiger partial charge is 0.239 e. The number of benzene rings is 2. The Morgan fingerprint density at radius 3 is 2.50 bits per heavy atom. The lowest BCUT2D eigenvalue weighted by atomic mass is 10.2. The van der Waals surface area contributed by atoms with Gasteiger partial charge in [-0.3, -0.25) is 9.69 Å². The molecule has 1 amide bonds. The first-order valence-corrected chi connectivity index (χ1v) is 10.4. The predicted octanol–water partition coefficient (Wildman–Crippen LogP) is 4.85. The van der Waals surface area contributed by atoms with Crippen LogP contribution in [0.1, 0.15) is 5.56 Å². The third kappa shape index (κ3) is 5.67. The number of halogens is 2. The van der Waals surface area contributed by atoms with Gasteiger partial charge in [0.15, 0.2) is 5.13 Å². The SMILES string of the molecule is Cc1ccc(SCC(=O)N(CCN(C)C)c2nc3c(F)cccc3s2)cc1.Cl. The molecule has 0 radical (unpaired) electrons. The molecule has 3 rings (SSSR count). The Morgan fingerprint density at radius 2 is 1.86 bits per heavy atom. The molecule has 28 heavy (non-hydrogen) atoms. The fourth-order valence-corrected chi connectivity index (χ4v) is 4.30. The van der Waals surface area contributed by atoms with Crippen LogP contribution in [0.5, 0.6) is 0 Å². The van der Waals surface area contributed by atoms with Gasteiger partial charge in [-0.15, -0.1) is 24.2 Å². The minimum Gasteiger partial charge on any atom is -0.308 e. The summed E-state index contributed by atoms with van der Waals surface area (Å²) >= 11 is 2.85. The van der Waals surface area contributed by atoms with Crippen LogP contribution < -0.4 is 4.90 Å². The maximum Gasteiger partial charge on any atom is 0.239 e. The number of aryl methyl sites for hydroxylation is 1. The standard InChI is InChI=1S/C20H22FN3OS2.ClH/c1-14-7-9-15(10-8-14)26-13-18(25)24(12-11-23(2)3)20-22-19-16(21)5-4-6-17(19)27-20;/h4-10H,11-13H2,1-3H3;1H. The van der Waals surface area contributed by atoms with Gasteiger partial charge in [-0.2, -0.15) is 0 Å². The van der Waals surface area contributed by atoms with E-state index in [1.165, 1.54) is 34.7 Å². The van der Waals surface area contributed by atoms with Crippen LogP contribution in [0.15, 0.2) is 47.4 Å². The Bertz CT molecular complexity index is 931. The maximum atomic E-state index is 14.0. The lowest BCUT2D eigenvalue weighted by Crippen LogP contribution is -2.37. The van der Waals surface area contributed by atoms with Crippen LogP contribution in [-0.2, 0) is 4.79 Å². The van der Waals surface area contributed by atoms with Crippen LogP contribution in [0.3, 0.4) is 0 Å². The highest BCUT2D eigenvalue weighted by Crippen LogP contribution is 2.31. The Hall–Kier alpha value is -1.67. The molecule has 0 atom stereocenters. The fraction of sp³-hybridized carbons (Fsp3) is 0.300. The first-order valence-electron chi connectivity index (χ1n) is 8.63. The Balaban J connectivity index is 0.00000280. The van der Waals surface area contributed by atoms with Gasteiger partial charge in [0.2, 0.25) is 5.91 Å². The normalized spacial score (nSPS) is 10.9. The van der Waals surface area contributed by atoms with Gasteiger partial charge in [0.05, 0.1) is 10.5 Å². The minimum atomic E-state index is -0.357. The van der Waals surface area contributed by atoms with Gasteiger partial charge in [-0.25, -0.2) is 9.37 Å². The number of fused-ring (bicyclic) bond motifs is 1. The van der Waals surface area contributed by atoms with Crippen LogP contribution in [-0.4, -0.2) is 48.7 Å². The molecule has 0 bridgehead atoms. The van der Waals surface area contributed by atoms with Crippen molar-refractivity contribution in [3.8, 4) is 0 Å². The van der Waals surface area contributed by atoms with Gasteiger partial charge in [-0.05, 0) is 45.3 Å². The van der Waals surface area contributed by atoms with E-state index in [-0.39, 0.29) is 24.1 Å². The highest BCUT2D eigenvalue weighted by Gasteiger charge is 2.21. The van der Waals surface area contributed by atoms with E-state index in [4.69, 9.17) is 0 Å². The van der Waals surface area contributed by atoms with E-state index >= 15 is 0 Å². The lowest BCUT2D eigenvalue weighted by molar-refractivity contribution is -0.116. The molecule has 0 unspecified atom stereocenters. The maximum absolute atomic E-state index is 14.0. The molecule has 8 heteroatoms. The van der Waals surface area contributed by atoms with Crippen LogP contribution in [0.2, 0.25) is 0 Å². The third-order valence-electron chi connectivity index (χ3n) is 4.04. The number of likely N-dealkylation sites (N-methyl/N-ethyl adjacent to an activating group) is 1. The van der Waals surface area contributed by atoms with Gasteiger partial charge in [-0.1, -0.05) is 35.1 Å². The molecule has 4 nitrogen and oxygen atoms in total. The second kappa shape index (κ2) is 10.2. The molecule has 3 aromatic rings. The number of aromatic nitrogens is 1. The van der Waals surface area contributed by atoms with Crippen molar-refractivity contribution in [3.05, 3.63) is 53.8 Å². The highest BCUT2D eigenvalue weighted by atomic mass is 35.5. The number of carbonyl (C=O) groups is 1. The number of anilines is 1. The Kier molecular flexibility index (Phi) is 8.24.